The summed E-state index contributed by atoms with van der Waals surface area (Å²) in [5, 5.41) is 11.5. The molecule has 2 nitrogen and oxygen atoms in total. The van der Waals surface area contributed by atoms with Crippen LogP contribution in [0.5, 0.6) is 0 Å². The second kappa shape index (κ2) is 5.52. The predicted octanol–water partition coefficient (Wildman–Crippen LogP) is 4.51. The maximum atomic E-state index is 10.5. The highest BCUT2D eigenvalue weighted by atomic mass is 32.1. The molecule has 0 aliphatic heterocycles. The number of fused-ring (bicyclic) bond motifs is 2. The van der Waals surface area contributed by atoms with Crippen molar-refractivity contribution in [1.82, 2.24) is 4.98 Å². The van der Waals surface area contributed by atoms with Crippen LogP contribution in [0.15, 0.2) is 30.3 Å². The highest BCUT2D eigenvalue weighted by molar-refractivity contribution is 7.18. The van der Waals surface area contributed by atoms with Crippen molar-refractivity contribution in [2.24, 2.45) is 0 Å². The topological polar surface area (TPSA) is 33.1 Å². The van der Waals surface area contributed by atoms with Crippen molar-refractivity contribution in [1.29, 1.82) is 0 Å². The van der Waals surface area contributed by atoms with E-state index < -0.39 is 6.10 Å². The number of thiophene rings is 1. The molecule has 3 aromatic rings. The highest BCUT2D eigenvalue weighted by Crippen LogP contribution is 2.34. The lowest BCUT2D eigenvalue weighted by molar-refractivity contribution is 0.182. The zero-order valence-corrected chi connectivity index (χ0v) is 13.3. The molecule has 4 rings (SSSR count). The molecule has 0 fully saturated rings. The van der Waals surface area contributed by atoms with Gasteiger partial charge in [0.25, 0.3) is 0 Å². The third kappa shape index (κ3) is 2.63. The van der Waals surface area contributed by atoms with Gasteiger partial charge in [-0.1, -0.05) is 12.1 Å². The maximum absolute atomic E-state index is 10.5. The number of aryl methyl sites for hydroxylation is 2. The van der Waals surface area contributed by atoms with Crippen molar-refractivity contribution in [3.05, 3.63) is 50.7 Å². The van der Waals surface area contributed by atoms with Gasteiger partial charge in [-0.05, 0) is 49.4 Å². The van der Waals surface area contributed by atoms with Gasteiger partial charge in [0.1, 0.15) is 0 Å². The molecule has 1 atom stereocenters. The van der Waals surface area contributed by atoms with E-state index in [1.165, 1.54) is 40.8 Å². The van der Waals surface area contributed by atoms with E-state index >= 15 is 0 Å². The normalized spacial score (nSPS) is 16.0. The van der Waals surface area contributed by atoms with Gasteiger partial charge in [-0.3, -0.25) is 0 Å². The molecule has 1 aromatic carbocycles. The molecule has 108 valence electrons. The Morgan fingerprint density at radius 3 is 2.86 bits per heavy atom. The van der Waals surface area contributed by atoms with E-state index in [-0.39, 0.29) is 0 Å². The van der Waals surface area contributed by atoms with Gasteiger partial charge in [-0.15, -0.1) is 22.7 Å². The lowest BCUT2D eigenvalue weighted by Gasteiger charge is -2.08. The first-order valence-corrected chi connectivity index (χ1v) is 9.07. The Hall–Kier alpha value is -1.23. The smallest absolute Gasteiger partial charge is 0.0968 e. The van der Waals surface area contributed by atoms with Gasteiger partial charge >= 0.3 is 0 Å². The van der Waals surface area contributed by atoms with Crippen molar-refractivity contribution >= 4 is 32.9 Å². The number of aliphatic hydroxyl groups is 1. The van der Waals surface area contributed by atoms with Gasteiger partial charge in [-0.2, -0.15) is 0 Å². The minimum absolute atomic E-state index is 0.416. The number of aromatic nitrogens is 1. The first kappa shape index (κ1) is 13.4. The fourth-order valence-electron chi connectivity index (χ4n) is 2.95. The molecular formula is C17H17NOS2. The lowest BCUT2D eigenvalue weighted by Crippen LogP contribution is -1.99. The summed E-state index contributed by atoms with van der Waals surface area (Å²) in [4.78, 5) is 7.22. The van der Waals surface area contributed by atoms with E-state index in [0.29, 0.717) is 6.42 Å². The standard InChI is InChI=1S/C17H17NOS2/c19-13(16-9-11-5-1-3-7-14(11)20-16)10-17-18-12-6-2-4-8-15(12)21-17/h2,4,6,8-9,13,19H,1,3,5,7,10H2. The van der Waals surface area contributed by atoms with Gasteiger partial charge in [-0.25, -0.2) is 4.98 Å². The first-order chi connectivity index (χ1) is 10.3. The number of thiazole rings is 1. The van der Waals surface area contributed by atoms with Crippen molar-refractivity contribution in [3.63, 3.8) is 0 Å². The Balaban J connectivity index is 1.57. The number of hydrogen-bond donors (Lipinski definition) is 1. The van der Waals surface area contributed by atoms with Crippen LogP contribution < -0.4 is 0 Å². The SMILES string of the molecule is OC(Cc1nc2ccccc2s1)c1cc2c(s1)CCCC2. The molecule has 0 spiro atoms. The fourth-order valence-corrected chi connectivity index (χ4v) is 5.20. The molecule has 0 saturated carbocycles. The summed E-state index contributed by atoms with van der Waals surface area (Å²) in [7, 11) is 0. The molecule has 4 heteroatoms. The summed E-state index contributed by atoms with van der Waals surface area (Å²) < 4.78 is 1.20. The summed E-state index contributed by atoms with van der Waals surface area (Å²) in [6, 6.07) is 10.4. The van der Waals surface area contributed by atoms with Crippen molar-refractivity contribution in [2.75, 3.05) is 0 Å². The van der Waals surface area contributed by atoms with Crippen LogP contribution in [-0.2, 0) is 19.3 Å². The third-order valence-corrected chi connectivity index (χ3v) is 6.45. The minimum Gasteiger partial charge on any atom is -0.387 e. The molecule has 1 N–H and O–H groups in total. The van der Waals surface area contributed by atoms with Crippen LogP contribution in [0.4, 0.5) is 0 Å². The van der Waals surface area contributed by atoms with E-state index in [0.717, 1.165) is 15.4 Å². The van der Waals surface area contributed by atoms with E-state index in [9.17, 15) is 5.11 Å². The van der Waals surface area contributed by atoms with Crippen LogP contribution >= 0.6 is 22.7 Å². The minimum atomic E-state index is -0.416. The van der Waals surface area contributed by atoms with Crippen molar-refractivity contribution in [2.45, 2.75) is 38.2 Å². The molecule has 1 unspecified atom stereocenters. The van der Waals surface area contributed by atoms with E-state index in [1.54, 1.807) is 22.7 Å². The van der Waals surface area contributed by atoms with E-state index in [2.05, 4.69) is 17.1 Å². The predicted molar refractivity (Wildman–Crippen MR) is 89.2 cm³/mol. The van der Waals surface area contributed by atoms with Crippen LogP contribution in [-0.4, -0.2) is 10.1 Å². The zero-order chi connectivity index (χ0) is 14.2. The molecular weight excluding hydrogens is 298 g/mol. The Labute approximate surface area is 132 Å². The Morgan fingerprint density at radius 1 is 1.14 bits per heavy atom. The maximum Gasteiger partial charge on any atom is 0.0968 e. The molecule has 0 saturated heterocycles. The zero-order valence-electron chi connectivity index (χ0n) is 11.7. The van der Waals surface area contributed by atoms with Crippen LogP contribution in [0.1, 0.15) is 39.3 Å². The highest BCUT2D eigenvalue weighted by Gasteiger charge is 2.19. The second-order valence-electron chi connectivity index (χ2n) is 5.60. The van der Waals surface area contributed by atoms with Crippen molar-refractivity contribution < 1.29 is 5.11 Å². The third-order valence-electron chi connectivity index (χ3n) is 4.05. The number of nitrogens with zero attached hydrogens (tertiary/aromatic N) is 1. The molecule has 0 amide bonds. The van der Waals surface area contributed by atoms with Gasteiger partial charge in [0, 0.05) is 16.2 Å². The van der Waals surface area contributed by atoms with Crippen molar-refractivity contribution in [3.8, 4) is 0 Å². The molecule has 2 aromatic heterocycles. The quantitative estimate of drug-likeness (QED) is 0.771. The second-order valence-corrected chi connectivity index (χ2v) is 7.88. The Bertz CT molecular complexity index is 718. The van der Waals surface area contributed by atoms with Crippen LogP contribution in [0.25, 0.3) is 10.2 Å². The average Bonchev–Trinajstić information content (AvgIpc) is 3.10. The van der Waals surface area contributed by atoms with E-state index in [1.807, 2.05) is 18.2 Å². The molecule has 1 aliphatic rings. The first-order valence-electron chi connectivity index (χ1n) is 7.43. The fraction of sp³-hybridized carbons (Fsp3) is 0.353. The average molecular weight is 315 g/mol. The van der Waals surface area contributed by atoms with Crippen LogP contribution in [0, 0.1) is 0 Å². The van der Waals surface area contributed by atoms with Gasteiger partial charge < -0.3 is 5.11 Å². The molecule has 21 heavy (non-hydrogen) atoms. The largest absolute Gasteiger partial charge is 0.387 e. The number of benzene rings is 1. The molecule has 0 bridgehead atoms. The number of rotatable bonds is 3. The number of hydrogen-bond acceptors (Lipinski definition) is 4. The Morgan fingerprint density at radius 2 is 2.00 bits per heavy atom. The van der Waals surface area contributed by atoms with Crippen LogP contribution in [0.2, 0.25) is 0 Å². The summed E-state index contributed by atoms with van der Waals surface area (Å²) in [6.45, 7) is 0. The number of para-hydroxylation sites is 1. The summed E-state index contributed by atoms with van der Waals surface area (Å²) >= 11 is 3.49. The summed E-state index contributed by atoms with van der Waals surface area (Å²) in [6.07, 6.45) is 5.16. The van der Waals surface area contributed by atoms with Crippen LogP contribution in [0.3, 0.4) is 0 Å². The summed E-state index contributed by atoms with van der Waals surface area (Å²) in [5.41, 5.74) is 2.50. The lowest BCUT2D eigenvalue weighted by atomic mass is 9.99. The monoisotopic (exact) mass is 315 g/mol. The summed E-state index contributed by atoms with van der Waals surface area (Å²) in [5.74, 6) is 0. The van der Waals surface area contributed by atoms with Gasteiger partial charge in [0.15, 0.2) is 0 Å². The Kier molecular flexibility index (Phi) is 3.53. The van der Waals surface area contributed by atoms with Gasteiger partial charge in [0.05, 0.1) is 21.3 Å². The number of aliphatic hydroxyl groups excluding tert-OH is 1. The molecule has 1 aliphatic carbocycles. The van der Waals surface area contributed by atoms with E-state index in [4.69, 9.17) is 0 Å². The molecule has 2 heterocycles. The van der Waals surface area contributed by atoms with Gasteiger partial charge in [0.2, 0.25) is 0 Å². The molecule has 0 radical (unpaired) electrons.